The fourth-order valence-corrected chi connectivity index (χ4v) is 3.71. The van der Waals surface area contributed by atoms with Crippen LogP contribution >= 0.6 is 0 Å². The van der Waals surface area contributed by atoms with Crippen molar-refractivity contribution in [2.45, 2.75) is 38.5 Å². The normalized spacial score (nSPS) is 15.3. The summed E-state index contributed by atoms with van der Waals surface area (Å²) in [4.78, 5) is 14.7. The first-order valence-electron chi connectivity index (χ1n) is 9.76. The molecule has 0 saturated heterocycles. The maximum atomic E-state index is 12.4. The average molecular weight is 364 g/mol. The number of ether oxygens (including phenoxy) is 1. The zero-order valence-electron chi connectivity index (χ0n) is 16.6. The minimum atomic E-state index is -0.305. The van der Waals surface area contributed by atoms with Gasteiger partial charge in [-0.15, -0.1) is 0 Å². The summed E-state index contributed by atoms with van der Waals surface area (Å²) in [6.07, 6.45) is 7.37. The van der Waals surface area contributed by atoms with Gasteiger partial charge in [0.25, 0.3) is 0 Å². The van der Waals surface area contributed by atoms with Gasteiger partial charge in [0.2, 0.25) is 0 Å². The van der Waals surface area contributed by atoms with Gasteiger partial charge in [0.15, 0.2) is 0 Å². The highest BCUT2D eigenvalue weighted by Gasteiger charge is 2.19. The number of likely N-dealkylation sites (N-methyl/N-ethyl adjacent to an activating group) is 1. The van der Waals surface area contributed by atoms with Crippen LogP contribution in [0.5, 0.6) is 5.75 Å². The molecule has 0 radical (unpaired) electrons. The molecule has 0 spiro atoms. The highest BCUT2D eigenvalue weighted by atomic mass is 16.5. The van der Waals surface area contributed by atoms with Gasteiger partial charge in [-0.3, -0.25) is 0 Å². The molecule has 0 aromatic heterocycles. The zero-order valence-corrected chi connectivity index (χ0v) is 16.6. The van der Waals surface area contributed by atoms with E-state index in [1.54, 1.807) is 11.6 Å². The second kappa shape index (κ2) is 9.01. The fraction of sp³-hybridized carbons (Fsp3) is 0.375. The van der Waals surface area contributed by atoms with E-state index in [0.717, 1.165) is 12.1 Å². The van der Waals surface area contributed by atoms with Crippen molar-refractivity contribution in [3.05, 3.63) is 76.9 Å². The number of allylic oxidation sites excluding steroid dienone is 1. The molecule has 0 bridgehead atoms. The summed E-state index contributed by atoms with van der Waals surface area (Å²) in [5, 5.41) is 0. The van der Waals surface area contributed by atoms with Crippen molar-refractivity contribution in [2.24, 2.45) is 0 Å². The largest absolute Gasteiger partial charge is 0.423 e. The quantitative estimate of drug-likeness (QED) is 0.393. The Hall–Kier alpha value is -2.39. The lowest BCUT2D eigenvalue weighted by Crippen LogP contribution is -2.22. The van der Waals surface area contributed by atoms with Gasteiger partial charge >= 0.3 is 5.97 Å². The van der Waals surface area contributed by atoms with Crippen LogP contribution in [0, 0.1) is 6.92 Å². The maximum Gasteiger partial charge on any atom is 0.343 e. The van der Waals surface area contributed by atoms with Crippen LogP contribution in [0.2, 0.25) is 0 Å². The molecule has 1 aliphatic rings. The van der Waals surface area contributed by atoms with Crippen molar-refractivity contribution in [3.8, 4) is 5.75 Å². The lowest BCUT2D eigenvalue weighted by atomic mass is 9.84. The molecule has 2 aromatic carbocycles. The lowest BCUT2D eigenvalue weighted by Gasteiger charge is -2.26. The molecule has 0 amide bonds. The van der Waals surface area contributed by atoms with Crippen molar-refractivity contribution in [1.82, 2.24) is 4.90 Å². The maximum absolute atomic E-state index is 12.4. The first kappa shape index (κ1) is 19.4. The van der Waals surface area contributed by atoms with Crippen LogP contribution in [0.25, 0.3) is 0 Å². The summed E-state index contributed by atoms with van der Waals surface area (Å²) in [5.41, 5.74) is 4.36. The molecule has 0 fully saturated rings. The predicted molar refractivity (Wildman–Crippen MR) is 110 cm³/mol. The molecule has 0 heterocycles. The van der Waals surface area contributed by atoms with Crippen LogP contribution in [-0.2, 0) is 0 Å². The molecule has 2 aromatic rings. The Balaban J connectivity index is 1.75. The summed E-state index contributed by atoms with van der Waals surface area (Å²) in [5.74, 6) is 0.690. The third-order valence-corrected chi connectivity index (χ3v) is 5.18. The van der Waals surface area contributed by atoms with Crippen molar-refractivity contribution in [2.75, 3.05) is 20.6 Å². The van der Waals surface area contributed by atoms with Crippen molar-refractivity contribution in [1.29, 1.82) is 0 Å². The highest BCUT2D eigenvalue weighted by molar-refractivity contribution is 5.92. The van der Waals surface area contributed by atoms with E-state index in [4.69, 9.17) is 4.74 Å². The number of carbonyl (C=O) groups excluding carboxylic acids is 1. The number of hydrogen-bond acceptors (Lipinski definition) is 3. The molecule has 3 rings (SSSR count). The zero-order chi connectivity index (χ0) is 19.2. The van der Waals surface area contributed by atoms with Gasteiger partial charge in [-0.25, -0.2) is 4.79 Å². The third-order valence-electron chi connectivity index (χ3n) is 5.18. The van der Waals surface area contributed by atoms with Gasteiger partial charge in [-0.2, -0.15) is 0 Å². The van der Waals surface area contributed by atoms with Crippen molar-refractivity contribution >= 4 is 5.97 Å². The predicted octanol–water partition coefficient (Wildman–Crippen LogP) is 5.36. The van der Waals surface area contributed by atoms with Crippen LogP contribution in [-0.4, -0.2) is 31.5 Å². The van der Waals surface area contributed by atoms with Gasteiger partial charge in [0.1, 0.15) is 5.75 Å². The van der Waals surface area contributed by atoms with E-state index in [-0.39, 0.29) is 5.97 Å². The summed E-state index contributed by atoms with van der Waals surface area (Å²) in [7, 11) is 4.24. The monoisotopic (exact) mass is 363 g/mol. The van der Waals surface area contributed by atoms with E-state index >= 15 is 0 Å². The van der Waals surface area contributed by atoms with Crippen LogP contribution in [0.4, 0.5) is 0 Å². The Morgan fingerprint density at radius 2 is 1.81 bits per heavy atom. The molecule has 1 aliphatic carbocycles. The number of carbonyl (C=O) groups is 1. The van der Waals surface area contributed by atoms with Crippen LogP contribution < -0.4 is 4.74 Å². The van der Waals surface area contributed by atoms with Crippen molar-refractivity contribution < 1.29 is 9.53 Å². The molecule has 3 nitrogen and oxygen atoms in total. The number of aryl methyl sites for hydroxylation is 1. The third kappa shape index (κ3) is 5.08. The Morgan fingerprint density at radius 1 is 1.07 bits per heavy atom. The van der Waals surface area contributed by atoms with Crippen LogP contribution in [0.3, 0.4) is 0 Å². The van der Waals surface area contributed by atoms with E-state index in [1.807, 2.05) is 37.3 Å². The molecule has 0 saturated carbocycles. The smallest absolute Gasteiger partial charge is 0.343 e. The molecular formula is C24H29NO2. The first-order chi connectivity index (χ1) is 13.0. The summed E-state index contributed by atoms with van der Waals surface area (Å²) < 4.78 is 5.58. The Labute approximate surface area is 162 Å². The fourth-order valence-electron chi connectivity index (χ4n) is 3.71. The molecule has 0 aliphatic heterocycles. The number of rotatable bonds is 6. The molecule has 1 unspecified atom stereocenters. The van der Waals surface area contributed by atoms with Crippen LogP contribution in [0.1, 0.15) is 53.1 Å². The number of nitrogens with zero attached hydrogens (tertiary/aromatic N) is 1. The minimum absolute atomic E-state index is 0.305. The van der Waals surface area contributed by atoms with Gasteiger partial charge in [-0.1, -0.05) is 42.0 Å². The molecule has 0 N–H and O–H groups in total. The molecule has 142 valence electrons. The summed E-state index contributed by atoms with van der Waals surface area (Å²) in [6, 6.07) is 15.5. The Kier molecular flexibility index (Phi) is 6.46. The summed E-state index contributed by atoms with van der Waals surface area (Å²) in [6.45, 7) is 2.91. The van der Waals surface area contributed by atoms with Gasteiger partial charge in [0.05, 0.1) is 5.56 Å². The minimum Gasteiger partial charge on any atom is -0.423 e. The second-order valence-corrected chi connectivity index (χ2v) is 7.61. The average Bonchev–Trinajstić information content (AvgIpc) is 2.68. The van der Waals surface area contributed by atoms with Gasteiger partial charge in [-0.05, 0) is 76.0 Å². The SMILES string of the molecule is Cc1ccccc1C(=O)Oc1ccc(C(CN(C)C)C2=CCCCC2)cc1. The van der Waals surface area contributed by atoms with Gasteiger partial charge < -0.3 is 9.64 Å². The number of benzene rings is 2. The van der Waals surface area contributed by atoms with E-state index in [0.29, 0.717) is 17.2 Å². The van der Waals surface area contributed by atoms with E-state index in [2.05, 4.69) is 37.2 Å². The number of hydrogen-bond donors (Lipinski definition) is 0. The number of esters is 1. The summed E-state index contributed by atoms with van der Waals surface area (Å²) >= 11 is 0. The lowest BCUT2D eigenvalue weighted by molar-refractivity contribution is 0.0734. The van der Waals surface area contributed by atoms with Crippen LogP contribution in [0.15, 0.2) is 60.2 Å². The van der Waals surface area contributed by atoms with E-state index < -0.39 is 0 Å². The molecule has 27 heavy (non-hydrogen) atoms. The molecule has 1 atom stereocenters. The molecule has 3 heteroatoms. The first-order valence-corrected chi connectivity index (χ1v) is 9.76. The molecular weight excluding hydrogens is 334 g/mol. The Bertz CT molecular complexity index is 805. The second-order valence-electron chi connectivity index (χ2n) is 7.61. The standard InChI is InChI=1S/C24H29NO2/c1-18-9-7-8-12-22(18)24(26)27-21-15-13-20(14-16-21)23(17-25(2)3)19-10-5-4-6-11-19/h7-10,12-16,23H,4-6,11,17H2,1-3H3. The Morgan fingerprint density at radius 3 is 2.44 bits per heavy atom. The van der Waals surface area contributed by atoms with E-state index in [1.165, 1.54) is 31.2 Å². The van der Waals surface area contributed by atoms with Gasteiger partial charge in [0, 0.05) is 12.5 Å². The highest BCUT2D eigenvalue weighted by Crippen LogP contribution is 2.33. The van der Waals surface area contributed by atoms with Crippen molar-refractivity contribution in [3.63, 3.8) is 0 Å². The van der Waals surface area contributed by atoms with E-state index in [9.17, 15) is 4.79 Å². The topological polar surface area (TPSA) is 29.5 Å².